The fourth-order valence-electron chi connectivity index (χ4n) is 2.24. The molecule has 1 atom stereocenters. The van der Waals surface area contributed by atoms with Gasteiger partial charge in [-0.25, -0.2) is 0 Å². The SMILES string of the molecule is CCCC(C)(C=O)Cc1ccc(C)cc1C. The molecule has 88 valence electrons. The third-order valence-corrected chi connectivity index (χ3v) is 3.20. The largest absolute Gasteiger partial charge is 0.303 e. The normalized spacial score (nSPS) is 14.5. The molecule has 0 radical (unpaired) electrons. The van der Waals surface area contributed by atoms with Gasteiger partial charge in [-0.05, 0) is 37.8 Å². The zero-order chi connectivity index (χ0) is 12.2. The highest BCUT2D eigenvalue weighted by atomic mass is 16.1. The molecule has 0 aliphatic carbocycles. The number of carbonyl (C=O) groups is 1. The molecule has 0 bridgehead atoms. The van der Waals surface area contributed by atoms with E-state index in [0.717, 1.165) is 25.5 Å². The molecular weight excluding hydrogens is 196 g/mol. The summed E-state index contributed by atoms with van der Waals surface area (Å²) in [6, 6.07) is 6.47. The Morgan fingerprint density at radius 1 is 1.31 bits per heavy atom. The zero-order valence-electron chi connectivity index (χ0n) is 10.8. The summed E-state index contributed by atoms with van der Waals surface area (Å²) < 4.78 is 0. The molecule has 0 aliphatic heterocycles. The molecule has 1 unspecified atom stereocenters. The Morgan fingerprint density at radius 3 is 2.50 bits per heavy atom. The lowest BCUT2D eigenvalue weighted by Gasteiger charge is -2.23. The highest BCUT2D eigenvalue weighted by Crippen LogP contribution is 2.27. The van der Waals surface area contributed by atoms with Gasteiger partial charge in [0.25, 0.3) is 0 Å². The predicted molar refractivity (Wildman–Crippen MR) is 68.7 cm³/mol. The molecule has 0 N–H and O–H groups in total. The van der Waals surface area contributed by atoms with Crippen LogP contribution in [0, 0.1) is 19.3 Å². The van der Waals surface area contributed by atoms with Crippen molar-refractivity contribution in [1.82, 2.24) is 0 Å². The molecule has 0 aliphatic rings. The summed E-state index contributed by atoms with van der Waals surface area (Å²) in [5.41, 5.74) is 3.68. The maximum atomic E-state index is 11.2. The summed E-state index contributed by atoms with van der Waals surface area (Å²) in [7, 11) is 0. The fourth-order valence-corrected chi connectivity index (χ4v) is 2.24. The molecule has 1 rings (SSSR count). The maximum absolute atomic E-state index is 11.2. The molecule has 0 spiro atoms. The molecule has 1 aromatic carbocycles. The van der Waals surface area contributed by atoms with Crippen LogP contribution in [0.3, 0.4) is 0 Å². The van der Waals surface area contributed by atoms with Gasteiger partial charge in [-0.3, -0.25) is 0 Å². The minimum atomic E-state index is -0.200. The Bertz CT molecular complexity index is 368. The van der Waals surface area contributed by atoms with Gasteiger partial charge >= 0.3 is 0 Å². The molecule has 0 fully saturated rings. The monoisotopic (exact) mass is 218 g/mol. The Hall–Kier alpha value is -1.11. The molecule has 16 heavy (non-hydrogen) atoms. The van der Waals surface area contributed by atoms with Crippen molar-refractivity contribution in [3.05, 3.63) is 34.9 Å². The Morgan fingerprint density at radius 2 is 2.00 bits per heavy atom. The lowest BCUT2D eigenvalue weighted by Crippen LogP contribution is -2.21. The van der Waals surface area contributed by atoms with E-state index < -0.39 is 0 Å². The molecule has 1 nitrogen and oxygen atoms in total. The lowest BCUT2D eigenvalue weighted by atomic mass is 9.80. The summed E-state index contributed by atoms with van der Waals surface area (Å²) in [6.07, 6.45) is 4.00. The Balaban J connectivity index is 2.89. The first-order valence-electron chi connectivity index (χ1n) is 6.03. The van der Waals surface area contributed by atoms with Gasteiger partial charge in [0, 0.05) is 5.41 Å². The van der Waals surface area contributed by atoms with Gasteiger partial charge in [0.15, 0.2) is 0 Å². The van der Waals surface area contributed by atoms with Crippen LogP contribution >= 0.6 is 0 Å². The average molecular weight is 218 g/mol. The van der Waals surface area contributed by atoms with Gasteiger partial charge in [0.1, 0.15) is 6.29 Å². The molecule has 1 heteroatoms. The van der Waals surface area contributed by atoms with E-state index in [-0.39, 0.29) is 5.41 Å². The van der Waals surface area contributed by atoms with Gasteiger partial charge in [0.05, 0.1) is 0 Å². The van der Waals surface area contributed by atoms with E-state index in [2.05, 4.69) is 45.9 Å². The van der Waals surface area contributed by atoms with Crippen LogP contribution in [0.1, 0.15) is 43.4 Å². The van der Waals surface area contributed by atoms with Crippen LogP contribution < -0.4 is 0 Å². The molecule has 0 heterocycles. The van der Waals surface area contributed by atoms with Crippen molar-refractivity contribution < 1.29 is 4.79 Å². The number of hydrogen-bond acceptors (Lipinski definition) is 1. The first-order valence-corrected chi connectivity index (χ1v) is 6.03. The van der Waals surface area contributed by atoms with Crippen LogP contribution in [0.5, 0.6) is 0 Å². The number of benzene rings is 1. The van der Waals surface area contributed by atoms with Crippen molar-refractivity contribution in [1.29, 1.82) is 0 Å². The smallest absolute Gasteiger partial charge is 0.126 e. The summed E-state index contributed by atoms with van der Waals surface area (Å²) in [6.45, 7) is 8.41. The van der Waals surface area contributed by atoms with E-state index in [0.29, 0.717) is 0 Å². The lowest BCUT2D eigenvalue weighted by molar-refractivity contribution is -0.115. The van der Waals surface area contributed by atoms with Crippen molar-refractivity contribution in [3.63, 3.8) is 0 Å². The maximum Gasteiger partial charge on any atom is 0.126 e. The molecule has 0 aromatic heterocycles. The third-order valence-electron chi connectivity index (χ3n) is 3.20. The van der Waals surface area contributed by atoms with Crippen LogP contribution in [0.4, 0.5) is 0 Å². The second kappa shape index (κ2) is 5.29. The second-order valence-corrected chi connectivity index (χ2v) is 5.13. The van der Waals surface area contributed by atoms with Gasteiger partial charge < -0.3 is 4.79 Å². The van der Waals surface area contributed by atoms with Crippen molar-refractivity contribution >= 4 is 6.29 Å². The topological polar surface area (TPSA) is 17.1 Å². The first kappa shape index (κ1) is 13.0. The molecule has 0 saturated heterocycles. The predicted octanol–water partition coefficient (Wildman–Crippen LogP) is 3.85. The fraction of sp³-hybridized carbons (Fsp3) is 0.533. The highest BCUT2D eigenvalue weighted by Gasteiger charge is 2.23. The molecule has 0 amide bonds. The van der Waals surface area contributed by atoms with Crippen LogP contribution in [-0.2, 0) is 11.2 Å². The molecular formula is C15H22O. The third kappa shape index (κ3) is 3.19. The van der Waals surface area contributed by atoms with E-state index in [1.54, 1.807) is 0 Å². The van der Waals surface area contributed by atoms with Crippen LogP contribution in [0.2, 0.25) is 0 Å². The summed E-state index contributed by atoms with van der Waals surface area (Å²) in [5.74, 6) is 0. The van der Waals surface area contributed by atoms with E-state index in [1.165, 1.54) is 16.7 Å². The Labute approximate surface area is 98.9 Å². The van der Waals surface area contributed by atoms with Gasteiger partial charge in [-0.1, -0.05) is 44.0 Å². The van der Waals surface area contributed by atoms with Gasteiger partial charge in [0.2, 0.25) is 0 Å². The number of aldehydes is 1. The molecule has 1 aromatic rings. The standard InChI is InChI=1S/C15H22O/c1-5-8-15(4,11-16)10-14-7-6-12(2)9-13(14)3/h6-7,9,11H,5,8,10H2,1-4H3. The number of aryl methyl sites for hydroxylation is 2. The Kier molecular flexibility index (Phi) is 4.28. The van der Waals surface area contributed by atoms with E-state index in [4.69, 9.17) is 0 Å². The van der Waals surface area contributed by atoms with Crippen molar-refractivity contribution in [3.8, 4) is 0 Å². The number of hydrogen-bond donors (Lipinski definition) is 0. The van der Waals surface area contributed by atoms with Crippen molar-refractivity contribution in [2.75, 3.05) is 0 Å². The van der Waals surface area contributed by atoms with E-state index in [9.17, 15) is 4.79 Å². The van der Waals surface area contributed by atoms with E-state index >= 15 is 0 Å². The minimum Gasteiger partial charge on any atom is -0.303 e. The second-order valence-electron chi connectivity index (χ2n) is 5.13. The molecule has 0 saturated carbocycles. The van der Waals surface area contributed by atoms with Crippen LogP contribution in [0.15, 0.2) is 18.2 Å². The average Bonchev–Trinajstić information content (AvgIpc) is 2.23. The van der Waals surface area contributed by atoms with Crippen LogP contribution in [0.25, 0.3) is 0 Å². The quantitative estimate of drug-likeness (QED) is 0.686. The van der Waals surface area contributed by atoms with Crippen LogP contribution in [-0.4, -0.2) is 6.29 Å². The van der Waals surface area contributed by atoms with Crippen molar-refractivity contribution in [2.45, 2.75) is 47.0 Å². The summed E-state index contributed by atoms with van der Waals surface area (Å²) in [5, 5.41) is 0. The van der Waals surface area contributed by atoms with E-state index in [1.807, 2.05) is 0 Å². The first-order chi connectivity index (χ1) is 7.50. The summed E-state index contributed by atoms with van der Waals surface area (Å²) >= 11 is 0. The number of rotatable bonds is 5. The van der Waals surface area contributed by atoms with Gasteiger partial charge in [-0.2, -0.15) is 0 Å². The zero-order valence-corrected chi connectivity index (χ0v) is 10.8. The minimum absolute atomic E-state index is 0.200. The summed E-state index contributed by atoms with van der Waals surface area (Å²) in [4.78, 5) is 11.2. The number of carbonyl (C=O) groups excluding carboxylic acids is 1. The highest BCUT2D eigenvalue weighted by molar-refractivity contribution is 5.59. The van der Waals surface area contributed by atoms with Gasteiger partial charge in [-0.15, -0.1) is 0 Å². The van der Waals surface area contributed by atoms with Crippen molar-refractivity contribution in [2.24, 2.45) is 5.41 Å².